The average Bonchev–Trinajstić information content (AvgIpc) is 2.91. The van der Waals surface area contributed by atoms with Crippen LogP contribution in [0.3, 0.4) is 0 Å². The van der Waals surface area contributed by atoms with Gasteiger partial charge in [-0.2, -0.15) is 0 Å². The molecule has 2 N–H and O–H groups in total. The Balaban J connectivity index is 1.75. The first-order valence-electron chi connectivity index (χ1n) is 10.7. The van der Waals surface area contributed by atoms with E-state index in [-0.39, 0.29) is 34.0 Å². The largest absolute Gasteiger partial charge is 0.508 e. The smallest absolute Gasteiger partial charge is 0.323 e. The quantitative estimate of drug-likeness (QED) is 0.532. The summed E-state index contributed by atoms with van der Waals surface area (Å²) in [7, 11) is 0. The number of phenols is 2. The van der Waals surface area contributed by atoms with Crippen LogP contribution < -0.4 is 4.90 Å². The fourth-order valence-corrected chi connectivity index (χ4v) is 4.99. The van der Waals surface area contributed by atoms with Gasteiger partial charge in [-0.05, 0) is 77.7 Å². The summed E-state index contributed by atoms with van der Waals surface area (Å²) in [6.45, 7) is 10.8. The van der Waals surface area contributed by atoms with Gasteiger partial charge in [-0.15, -0.1) is 0 Å². The van der Waals surface area contributed by atoms with Gasteiger partial charge in [0.15, 0.2) is 5.11 Å². The molecule has 0 aromatic heterocycles. The number of hydrogen-bond donors (Lipinski definition) is 2. The number of hydrogen-bond acceptors (Lipinski definition) is 5. The Labute approximate surface area is 193 Å². The van der Waals surface area contributed by atoms with E-state index in [9.17, 15) is 19.8 Å². The van der Waals surface area contributed by atoms with Gasteiger partial charge in [0.25, 0.3) is 0 Å². The van der Waals surface area contributed by atoms with Crippen molar-refractivity contribution in [2.45, 2.75) is 64.8 Å². The van der Waals surface area contributed by atoms with Gasteiger partial charge in [-0.25, -0.2) is 4.90 Å². The molecule has 2 aliphatic rings. The van der Waals surface area contributed by atoms with Crippen molar-refractivity contribution in [2.24, 2.45) is 0 Å². The topological polar surface area (TPSA) is 81.1 Å². The summed E-state index contributed by atoms with van der Waals surface area (Å²) < 4.78 is 0. The molecule has 2 aromatic rings. The highest BCUT2D eigenvalue weighted by atomic mass is 32.1. The number of phenolic OH excluding ortho intramolecular Hbond substituents is 2. The summed E-state index contributed by atoms with van der Waals surface area (Å²) in [6, 6.07) is 8.25. The molecule has 0 spiro atoms. The maximum Gasteiger partial charge on any atom is 0.323 e. The lowest BCUT2D eigenvalue weighted by atomic mass is 9.63. The summed E-state index contributed by atoms with van der Waals surface area (Å²) in [6.07, 6.45) is 2.11. The van der Waals surface area contributed by atoms with Crippen LogP contribution in [-0.2, 0) is 27.0 Å². The van der Waals surface area contributed by atoms with Crippen molar-refractivity contribution in [1.29, 1.82) is 0 Å². The molecule has 1 heterocycles. The molecule has 7 heteroatoms. The Hall–Kier alpha value is -2.93. The van der Waals surface area contributed by atoms with Crippen molar-refractivity contribution >= 4 is 34.8 Å². The number of rotatable bonds is 3. The lowest BCUT2D eigenvalue weighted by Gasteiger charge is -2.42. The highest BCUT2D eigenvalue weighted by molar-refractivity contribution is 7.80. The van der Waals surface area contributed by atoms with E-state index in [2.05, 4.69) is 33.8 Å². The lowest BCUT2D eigenvalue weighted by molar-refractivity contribution is -0.139. The second kappa shape index (κ2) is 7.30. The molecule has 1 fully saturated rings. The van der Waals surface area contributed by atoms with Gasteiger partial charge < -0.3 is 10.2 Å². The highest BCUT2D eigenvalue weighted by Crippen LogP contribution is 2.48. The SMILES string of the molecule is Cc1cc2c(cc1N1C(=O)C(=O)N(Cc3ccc(O)cc3O)C1=S)C(C)(C)CCC2(C)C. The number of carbonyl (C=O) groups is 2. The first-order valence-corrected chi connectivity index (χ1v) is 11.1. The van der Waals surface area contributed by atoms with E-state index in [0.29, 0.717) is 11.3 Å². The van der Waals surface area contributed by atoms with Crippen LogP contribution in [0.4, 0.5) is 5.69 Å². The van der Waals surface area contributed by atoms with Crippen molar-refractivity contribution in [1.82, 2.24) is 4.90 Å². The highest BCUT2D eigenvalue weighted by Gasteiger charge is 2.45. The Morgan fingerprint density at radius 1 is 0.938 bits per heavy atom. The van der Waals surface area contributed by atoms with Crippen LogP contribution in [-0.4, -0.2) is 32.0 Å². The predicted octanol–water partition coefficient (Wildman–Crippen LogP) is 4.42. The molecular weight excluding hydrogens is 424 g/mol. The molecule has 4 rings (SSSR count). The Morgan fingerprint density at radius 2 is 1.53 bits per heavy atom. The van der Waals surface area contributed by atoms with Gasteiger partial charge >= 0.3 is 11.8 Å². The molecule has 6 nitrogen and oxygen atoms in total. The fourth-order valence-electron chi connectivity index (χ4n) is 4.67. The minimum atomic E-state index is -0.737. The fraction of sp³-hybridized carbons (Fsp3) is 0.400. The van der Waals surface area contributed by atoms with E-state index in [0.717, 1.165) is 18.4 Å². The minimum absolute atomic E-state index is 0.0297. The molecule has 2 aromatic carbocycles. The summed E-state index contributed by atoms with van der Waals surface area (Å²) >= 11 is 5.56. The zero-order chi connectivity index (χ0) is 23.6. The van der Waals surface area contributed by atoms with Crippen LogP contribution in [0.5, 0.6) is 11.5 Å². The number of nitrogens with zero attached hydrogens (tertiary/aromatic N) is 2. The monoisotopic (exact) mass is 452 g/mol. The van der Waals surface area contributed by atoms with Crippen LogP contribution in [0.25, 0.3) is 0 Å². The maximum atomic E-state index is 13.0. The van der Waals surface area contributed by atoms with Crippen LogP contribution in [0.1, 0.15) is 62.8 Å². The van der Waals surface area contributed by atoms with Crippen molar-refractivity contribution in [2.75, 3.05) is 4.90 Å². The Kier molecular flexibility index (Phi) is 5.08. The predicted molar refractivity (Wildman–Crippen MR) is 127 cm³/mol. The molecule has 1 aliphatic heterocycles. The summed E-state index contributed by atoms with van der Waals surface area (Å²) in [5, 5.41) is 19.7. The van der Waals surface area contributed by atoms with Crippen LogP contribution in [0, 0.1) is 6.92 Å². The van der Waals surface area contributed by atoms with E-state index in [1.54, 1.807) is 0 Å². The van der Waals surface area contributed by atoms with E-state index >= 15 is 0 Å². The Morgan fingerprint density at radius 3 is 2.12 bits per heavy atom. The van der Waals surface area contributed by atoms with Gasteiger partial charge in [0.05, 0.1) is 12.2 Å². The second-order valence-corrected chi connectivity index (χ2v) is 10.4. The van der Waals surface area contributed by atoms with Gasteiger partial charge in [-0.1, -0.05) is 33.8 Å². The first-order chi connectivity index (χ1) is 14.8. The molecule has 1 saturated heterocycles. The molecule has 0 atom stereocenters. The minimum Gasteiger partial charge on any atom is -0.508 e. The number of anilines is 1. The zero-order valence-electron chi connectivity index (χ0n) is 19.0. The van der Waals surface area contributed by atoms with Crippen molar-refractivity contribution in [3.8, 4) is 11.5 Å². The molecule has 1 aliphatic carbocycles. The van der Waals surface area contributed by atoms with Crippen LogP contribution in [0.15, 0.2) is 30.3 Å². The van der Waals surface area contributed by atoms with Crippen molar-refractivity contribution in [3.05, 3.63) is 52.6 Å². The van der Waals surface area contributed by atoms with Gasteiger partial charge in [-0.3, -0.25) is 14.5 Å². The lowest BCUT2D eigenvalue weighted by Crippen LogP contribution is -2.36. The number of thiocarbonyl (C=S) groups is 1. The number of aromatic hydroxyl groups is 2. The van der Waals surface area contributed by atoms with E-state index in [1.165, 1.54) is 39.1 Å². The standard InChI is InChI=1S/C25H28N2O4S/c1-14-10-17-18(25(4,5)9-8-24(17,2)3)12-19(14)27-22(31)21(30)26(23(27)32)13-15-6-7-16(28)11-20(15)29/h6-7,10-12,28-29H,8-9,13H2,1-5H3. The van der Waals surface area contributed by atoms with Crippen molar-refractivity contribution in [3.63, 3.8) is 0 Å². The molecule has 2 amide bonds. The summed E-state index contributed by atoms with van der Waals surface area (Å²) in [4.78, 5) is 28.3. The Bertz CT molecular complexity index is 1170. The molecule has 0 saturated carbocycles. The average molecular weight is 453 g/mol. The number of aryl methyl sites for hydroxylation is 1. The molecular formula is C25H28N2O4S. The van der Waals surface area contributed by atoms with Crippen molar-refractivity contribution < 1.29 is 19.8 Å². The van der Waals surface area contributed by atoms with Gasteiger partial charge in [0.2, 0.25) is 0 Å². The normalized spacial score (nSPS) is 19.5. The van der Waals surface area contributed by atoms with E-state index < -0.39 is 11.8 Å². The molecule has 0 radical (unpaired) electrons. The van der Waals surface area contributed by atoms with Crippen LogP contribution >= 0.6 is 12.2 Å². The third kappa shape index (κ3) is 3.45. The molecule has 32 heavy (non-hydrogen) atoms. The third-order valence-corrected chi connectivity index (χ3v) is 7.26. The second-order valence-electron chi connectivity index (χ2n) is 10.1. The first kappa shape index (κ1) is 22.3. The number of amides is 2. The van der Waals surface area contributed by atoms with E-state index in [4.69, 9.17) is 12.2 Å². The van der Waals surface area contributed by atoms with E-state index in [1.807, 2.05) is 13.0 Å². The van der Waals surface area contributed by atoms with Gasteiger partial charge in [0, 0.05) is 11.6 Å². The molecule has 168 valence electrons. The maximum absolute atomic E-state index is 13.0. The van der Waals surface area contributed by atoms with Gasteiger partial charge in [0.1, 0.15) is 11.5 Å². The number of fused-ring (bicyclic) bond motifs is 1. The molecule has 0 bridgehead atoms. The summed E-state index contributed by atoms with van der Waals surface area (Å²) in [5.41, 5.74) is 4.30. The summed E-state index contributed by atoms with van der Waals surface area (Å²) in [5.74, 6) is -1.70. The molecule has 0 unspecified atom stereocenters. The number of carbonyl (C=O) groups excluding carboxylic acids is 2. The van der Waals surface area contributed by atoms with Crippen LogP contribution in [0.2, 0.25) is 0 Å². The zero-order valence-corrected chi connectivity index (χ0v) is 19.8. The number of benzene rings is 2. The third-order valence-electron chi connectivity index (χ3n) is 6.86.